The van der Waals surface area contributed by atoms with Crippen LogP contribution in [0, 0.1) is 0 Å². The largest absolute Gasteiger partial charge is 0.344 e. The van der Waals surface area contributed by atoms with Crippen LogP contribution in [-0.2, 0) is 5.41 Å². The first-order valence-corrected chi connectivity index (χ1v) is 11.4. The fraction of sp³-hybridized carbons (Fsp3) is 0.200. The van der Waals surface area contributed by atoms with E-state index >= 15 is 0 Å². The minimum atomic E-state index is 0.210. The van der Waals surface area contributed by atoms with Gasteiger partial charge in [0.05, 0.1) is 0 Å². The zero-order chi connectivity index (χ0) is 20.8. The molecule has 0 bridgehead atoms. The molecule has 0 aliphatic heterocycles. The van der Waals surface area contributed by atoms with Crippen LogP contribution in [0.15, 0.2) is 97.1 Å². The van der Waals surface area contributed by atoms with Gasteiger partial charge in [0.25, 0.3) is 0 Å². The van der Waals surface area contributed by atoms with Crippen molar-refractivity contribution in [3.05, 3.63) is 108 Å². The number of para-hydroxylation sites is 1. The van der Waals surface area contributed by atoms with Gasteiger partial charge < -0.3 is 4.90 Å². The molecule has 4 aromatic rings. The van der Waals surface area contributed by atoms with Gasteiger partial charge in [-0.1, -0.05) is 91.7 Å². The lowest BCUT2D eigenvalue weighted by Crippen LogP contribution is -2.21. The minimum Gasteiger partial charge on any atom is -0.344 e. The molecule has 1 saturated carbocycles. The number of nitrogens with zero attached hydrogens (tertiary/aromatic N) is 1. The molecule has 0 radical (unpaired) electrons. The Morgan fingerprint density at radius 3 is 2.06 bits per heavy atom. The summed E-state index contributed by atoms with van der Waals surface area (Å²) in [7, 11) is 2.20. The van der Waals surface area contributed by atoms with Gasteiger partial charge in [0.2, 0.25) is 0 Å². The predicted octanol–water partition coefficient (Wildman–Crippen LogP) is 7.96. The van der Waals surface area contributed by atoms with Gasteiger partial charge in [-0.2, -0.15) is 0 Å². The molecule has 0 aromatic heterocycles. The van der Waals surface area contributed by atoms with Crippen LogP contribution < -0.4 is 4.90 Å². The van der Waals surface area contributed by atoms with E-state index in [9.17, 15) is 0 Å². The fourth-order valence-electron chi connectivity index (χ4n) is 5.94. The summed E-state index contributed by atoms with van der Waals surface area (Å²) < 4.78 is 0. The van der Waals surface area contributed by atoms with Crippen LogP contribution in [0.25, 0.3) is 22.3 Å². The van der Waals surface area contributed by atoms with E-state index in [1.807, 2.05) is 0 Å². The Kier molecular flexibility index (Phi) is 4.24. The molecule has 0 amide bonds. The van der Waals surface area contributed by atoms with Crippen molar-refractivity contribution in [3.63, 3.8) is 0 Å². The van der Waals surface area contributed by atoms with E-state index in [1.165, 1.54) is 64.9 Å². The number of hydrogen-bond donors (Lipinski definition) is 0. The van der Waals surface area contributed by atoms with Crippen LogP contribution in [-0.4, -0.2) is 7.05 Å². The second-order valence-electron chi connectivity index (χ2n) is 9.01. The number of rotatable bonds is 3. The number of hydrogen-bond acceptors (Lipinski definition) is 1. The number of benzene rings is 4. The van der Waals surface area contributed by atoms with E-state index in [2.05, 4.69) is 109 Å². The zero-order valence-electron chi connectivity index (χ0n) is 18.0. The third-order valence-corrected chi connectivity index (χ3v) is 7.45. The van der Waals surface area contributed by atoms with Crippen LogP contribution >= 0.6 is 0 Å². The van der Waals surface area contributed by atoms with E-state index in [4.69, 9.17) is 0 Å². The topological polar surface area (TPSA) is 3.24 Å². The summed E-state index contributed by atoms with van der Waals surface area (Å²) in [4.78, 5) is 2.36. The quantitative estimate of drug-likeness (QED) is 0.336. The van der Waals surface area contributed by atoms with Crippen molar-refractivity contribution < 1.29 is 0 Å². The van der Waals surface area contributed by atoms with Gasteiger partial charge >= 0.3 is 0 Å². The number of anilines is 2. The van der Waals surface area contributed by atoms with Gasteiger partial charge in [-0.25, -0.2) is 0 Å². The molecule has 0 unspecified atom stereocenters. The summed E-state index contributed by atoms with van der Waals surface area (Å²) >= 11 is 0. The maximum absolute atomic E-state index is 2.47. The molecule has 31 heavy (non-hydrogen) atoms. The molecule has 0 N–H and O–H groups in total. The lowest BCUT2D eigenvalue weighted by Gasteiger charge is -2.29. The first-order valence-electron chi connectivity index (χ1n) is 11.4. The Morgan fingerprint density at radius 1 is 0.613 bits per heavy atom. The molecule has 2 aliphatic carbocycles. The molecule has 6 rings (SSSR count). The minimum absolute atomic E-state index is 0.210. The van der Waals surface area contributed by atoms with Crippen molar-refractivity contribution in [1.82, 2.24) is 0 Å². The van der Waals surface area contributed by atoms with Gasteiger partial charge in [0, 0.05) is 29.4 Å². The highest BCUT2D eigenvalue weighted by Crippen LogP contribution is 2.57. The lowest BCUT2D eigenvalue weighted by molar-refractivity contribution is 0.550. The van der Waals surface area contributed by atoms with Crippen molar-refractivity contribution in [3.8, 4) is 22.3 Å². The van der Waals surface area contributed by atoms with Crippen molar-refractivity contribution in [2.45, 2.75) is 31.1 Å². The van der Waals surface area contributed by atoms with E-state index in [0.717, 1.165) is 0 Å². The van der Waals surface area contributed by atoms with E-state index in [0.29, 0.717) is 0 Å². The molecule has 1 fully saturated rings. The highest BCUT2D eigenvalue weighted by molar-refractivity contribution is 5.86. The van der Waals surface area contributed by atoms with Crippen LogP contribution in [0.4, 0.5) is 11.4 Å². The molecule has 4 aromatic carbocycles. The van der Waals surface area contributed by atoms with Gasteiger partial charge in [0.15, 0.2) is 0 Å². The first kappa shape index (κ1) is 18.4. The second-order valence-corrected chi connectivity index (χ2v) is 9.01. The highest BCUT2D eigenvalue weighted by atomic mass is 15.1. The second kappa shape index (κ2) is 7.13. The van der Waals surface area contributed by atoms with E-state index in [1.54, 1.807) is 5.56 Å². The molecule has 2 aliphatic rings. The van der Waals surface area contributed by atoms with Crippen molar-refractivity contribution in [2.75, 3.05) is 11.9 Å². The monoisotopic (exact) mass is 401 g/mol. The van der Waals surface area contributed by atoms with Crippen molar-refractivity contribution >= 4 is 11.4 Å². The standard InChI is InChI=1S/C30H27N/c1-31(29-16-8-6-13-24(29)22-11-3-2-4-12-22)23-17-18-26-25-14-5-7-15-27(25)30(28(26)21-23)19-9-10-20-30/h2-8,11-18,21H,9-10,19-20H2,1H3. The average Bonchev–Trinajstić information content (AvgIpc) is 3.44. The summed E-state index contributed by atoms with van der Waals surface area (Å²) in [6.07, 6.45) is 5.19. The Labute approximate surface area is 185 Å². The Morgan fingerprint density at radius 2 is 1.26 bits per heavy atom. The zero-order valence-corrected chi connectivity index (χ0v) is 18.0. The molecule has 1 nitrogen and oxygen atoms in total. The van der Waals surface area contributed by atoms with Gasteiger partial charge in [-0.15, -0.1) is 0 Å². The SMILES string of the molecule is CN(c1ccc2c(c1)C1(CCCC1)c1ccccc1-2)c1ccccc1-c1ccccc1. The Hall–Kier alpha value is -3.32. The normalized spacial score (nSPS) is 15.6. The van der Waals surface area contributed by atoms with Crippen LogP contribution in [0.2, 0.25) is 0 Å². The first-order chi connectivity index (χ1) is 15.3. The highest BCUT2D eigenvalue weighted by Gasteiger charge is 2.44. The summed E-state index contributed by atoms with van der Waals surface area (Å²) in [5.74, 6) is 0. The summed E-state index contributed by atoms with van der Waals surface area (Å²) in [5, 5.41) is 0. The summed E-state index contributed by atoms with van der Waals surface area (Å²) in [5.41, 5.74) is 11.2. The maximum Gasteiger partial charge on any atom is 0.0487 e. The Balaban J connectivity index is 1.47. The van der Waals surface area contributed by atoms with Crippen LogP contribution in [0.1, 0.15) is 36.8 Å². The molecule has 1 spiro atoms. The van der Waals surface area contributed by atoms with E-state index in [-0.39, 0.29) is 5.41 Å². The van der Waals surface area contributed by atoms with Crippen molar-refractivity contribution in [2.24, 2.45) is 0 Å². The van der Waals surface area contributed by atoms with Gasteiger partial charge in [-0.05, 0) is 58.9 Å². The van der Waals surface area contributed by atoms with Crippen LogP contribution in [0.5, 0.6) is 0 Å². The lowest BCUT2D eigenvalue weighted by atomic mass is 9.76. The molecule has 0 heterocycles. The molecular formula is C30H27N. The molecule has 1 heteroatoms. The Bertz CT molecular complexity index is 1250. The summed E-state index contributed by atoms with van der Waals surface area (Å²) in [6.45, 7) is 0. The third kappa shape index (κ3) is 2.76. The molecule has 0 atom stereocenters. The molecular weight excluding hydrogens is 374 g/mol. The smallest absolute Gasteiger partial charge is 0.0487 e. The maximum atomic E-state index is 2.47. The predicted molar refractivity (Wildman–Crippen MR) is 131 cm³/mol. The van der Waals surface area contributed by atoms with Crippen LogP contribution in [0.3, 0.4) is 0 Å². The summed E-state index contributed by atoms with van der Waals surface area (Å²) in [6, 6.07) is 35.6. The third-order valence-electron chi connectivity index (χ3n) is 7.45. The molecule has 152 valence electrons. The van der Waals surface area contributed by atoms with Gasteiger partial charge in [0.1, 0.15) is 0 Å². The van der Waals surface area contributed by atoms with E-state index < -0.39 is 0 Å². The fourth-order valence-corrected chi connectivity index (χ4v) is 5.94. The molecule has 0 saturated heterocycles. The van der Waals surface area contributed by atoms with Gasteiger partial charge in [-0.3, -0.25) is 0 Å². The van der Waals surface area contributed by atoms with Crippen molar-refractivity contribution in [1.29, 1.82) is 0 Å². The number of fused-ring (bicyclic) bond motifs is 5. The average molecular weight is 402 g/mol.